The molecule has 0 saturated heterocycles. The minimum absolute atomic E-state index is 0.00607. The van der Waals surface area contributed by atoms with Crippen LogP contribution in [0.3, 0.4) is 0 Å². The van der Waals surface area contributed by atoms with Gasteiger partial charge in [0.05, 0.1) is 30.2 Å². The van der Waals surface area contributed by atoms with Gasteiger partial charge in [0.1, 0.15) is 0 Å². The van der Waals surface area contributed by atoms with Crippen LogP contribution in [-0.4, -0.2) is 0 Å². The van der Waals surface area contributed by atoms with E-state index in [1.165, 1.54) is 0 Å². The van der Waals surface area contributed by atoms with Crippen LogP contribution in [0.4, 0.5) is 0 Å². The first-order valence-corrected chi connectivity index (χ1v) is 13.9. The van der Waals surface area contributed by atoms with Crippen molar-refractivity contribution in [3.63, 3.8) is 0 Å². The van der Waals surface area contributed by atoms with E-state index in [-0.39, 0.29) is 75.1 Å². The van der Waals surface area contributed by atoms with Crippen molar-refractivity contribution in [3.8, 4) is 33.4 Å². The van der Waals surface area contributed by atoms with E-state index in [9.17, 15) is 11.0 Å². The van der Waals surface area contributed by atoms with Gasteiger partial charge in [-0.3, -0.25) is 0 Å². The molecular formula is C42H24S. The maximum absolute atomic E-state index is 9.88. The smallest absolute Gasteiger partial charge is 0.0636 e. The Kier molecular flexibility index (Phi) is 2.20. The highest BCUT2D eigenvalue weighted by Crippen LogP contribution is 2.50. The van der Waals surface area contributed by atoms with Crippen LogP contribution >= 0.6 is 11.8 Å². The maximum atomic E-state index is 9.88. The van der Waals surface area contributed by atoms with E-state index in [2.05, 4.69) is 0 Å². The zero-order chi connectivity index (χ0) is 47.2. The van der Waals surface area contributed by atoms with Crippen LogP contribution in [0.25, 0.3) is 87.2 Å². The molecule has 43 heavy (non-hydrogen) atoms. The second kappa shape index (κ2) is 8.70. The van der Waals surface area contributed by atoms with Gasteiger partial charge >= 0.3 is 0 Å². The molecular weight excluding hydrogens is 537 g/mol. The molecule has 0 nitrogen and oxygen atoms in total. The van der Waals surface area contributed by atoms with Gasteiger partial charge in [-0.05, 0) is 100.0 Å². The summed E-state index contributed by atoms with van der Waals surface area (Å²) in [6.45, 7) is 0. The Hall–Kier alpha value is -5.11. The summed E-state index contributed by atoms with van der Waals surface area (Å²) in [4.78, 5) is -0.0623. The number of rotatable bonds is 2. The van der Waals surface area contributed by atoms with Crippen molar-refractivity contribution in [3.05, 3.63) is 145 Å². The third-order valence-corrected chi connectivity index (χ3v) is 8.69. The molecule has 0 N–H and O–H groups in total. The van der Waals surface area contributed by atoms with Crippen LogP contribution in [0.1, 0.15) is 30.2 Å². The molecule has 0 radical (unpaired) electrons. The Morgan fingerprint density at radius 1 is 0.372 bits per heavy atom. The molecule has 0 spiro atoms. The van der Waals surface area contributed by atoms with Crippen LogP contribution in [0.15, 0.2) is 155 Å². The summed E-state index contributed by atoms with van der Waals surface area (Å²) in [5.74, 6) is 0. The van der Waals surface area contributed by atoms with Crippen molar-refractivity contribution in [1.82, 2.24) is 0 Å². The van der Waals surface area contributed by atoms with Gasteiger partial charge in [0.15, 0.2) is 0 Å². The normalized spacial score (nSPS) is 19.7. The third-order valence-electron chi connectivity index (χ3n) is 7.67. The molecule has 1 aliphatic heterocycles. The molecule has 0 amide bonds. The lowest BCUT2D eigenvalue weighted by Gasteiger charge is -2.22. The van der Waals surface area contributed by atoms with Crippen LogP contribution in [0, 0.1) is 0 Å². The molecule has 0 aromatic heterocycles. The first-order chi connectivity index (χ1) is 30.5. The molecule has 1 aliphatic rings. The van der Waals surface area contributed by atoms with Crippen molar-refractivity contribution in [2.24, 2.45) is 0 Å². The average molecular weight is 583 g/mol. The first kappa shape index (κ1) is 10.9. The van der Waals surface area contributed by atoms with Crippen molar-refractivity contribution in [1.29, 1.82) is 0 Å². The fourth-order valence-corrected chi connectivity index (χ4v) is 6.77. The molecule has 198 valence electrons. The van der Waals surface area contributed by atoms with Crippen LogP contribution in [-0.2, 0) is 0 Å². The van der Waals surface area contributed by atoms with E-state index in [1.54, 1.807) is 0 Å². The van der Waals surface area contributed by atoms with Crippen LogP contribution < -0.4 is 0 Å². The highest BCUT2D eigenvalue weighted by Gasteiger charge is 2.21. The number of benzene rings is 9. The Morgan fingerprint density at radius 2 is 1.07 bits per heavy atom. The second-order valence-corrected chi connectivity index (χ2v) is 10.9. The van der Waals surface area contributed by atoms with Gasteiger partial charge in [-0.2, -0.15) is 0 Å². The predicted molar refractivity (Wildman–Crippen MR) is 186 cm³/mol. The maximum Gasteiger partial charge on any atom is 0.0636 e. The van der Waals surface area contributed by atoms with E-state index in [4.69, 9.17) is 19.2 Å². The lowest BCUT2D eigenvalue weighted by molar-refractivity contribution is 1.40. The zero-order valence-corrected chi connectivity index (χ0v) is 22.4. The van der Waals surface area contributed by atoms with Gasteiger partial charge in [-0.15, -0.1) is 0 Å². The predicted octanol–water partition coefficient (Wildman–Crippen LogP) is 12.4. The fraction of sp³-hybridized carbons (Fsp3) is 0. The molecule has 9 aromatic rings. The molecule has 0 saturated carbocycles. The molecule has 0 fully saturated rings. The van der Waals surface area contributed by atoms with E-state index < -0.39 is 155 Å². The average Bonchev–Trinajstić information content (AvgIpc) is 3.27. The van der Waals surface area contributed by atoms with Gasteiger partial charge in [0.2, 0.25) is 0 Å². The topological polar surface area (TPSA) is 0 Å². The quantitative estimate of drug-likeness (QED) is 0.183. The summed E-state index contributed by atoms with van der Waals surface area (Å²) in [5, 5.41) is -2.52. The van der Waals surface area contributed by atoms with Gasteiger partial charge in [-0.1, -0.05) is 139 Å². The third kappa shape index (κ3) is 3.29. The molecule has 0 atom stereocenters. The lowest BCUT2D eigenvalue weighted by Crippen LogP contribution is -1.94. The molecule has 0 bridgehead atoms. The van der Waals surface area contributed by atoms with Crippen LogP contribution in [0.2, 0.25) is 0 Å². The molecule has 1 heteroatoms. The van der Waals surface area contributed by atoms with Gasteiger partial charge in [0.25, 0.3) is 0 Å². The van der Waals surface area contributed by atoms with Gasteiger partial charge in [-0.25, -0.2) is 0 Å². The SMILES string of the molecule is [2H]c1cc2c(-c3c([2H])c([2H])c([2H])c4c([2H])cc(-c5c([2H])c([2H])c6c([2H])c([2H])c7c([2H])c([2H])c([2H])c8c([2H])c([2H])c5c6c78)c([2H])c34)c([2H])c([2H])c3c2c(c1[2H])-c1c([2H])c([2H])c([2H])c([2H])c1S3. The van der Waals surface area contributed by atoms with Gasteiger partial charge < -0.3 is 0 Å². The van der Waals surface area contributed by atoms with Crippen molar-refractivity contribution >= 4 is 65.6 Å². The van der Waals surface area contributed by atoms with Crippen molar-refractivity contribution < 1.29 is 30.2 Å². The zero-order valence-electron chi connectivity index (χ0n) is 43.6. The summed E-state index contributed by atoms with van der Waals surface area (Å²) < 4.78 is 198. The monoisotopic (exact) mass is 582 g/mol. The minimum Gasteiger partial charge on any atom is -0.0888 e. The summed E-state index contributed by atoms with van der Waals surface area (Å²) in [5.41, 5.74) is -1.89. The Morgan fingerprint density at radius 3 is 2.00 bits per heavy atom. The van der Waals surface area contributed by atoms with Crippen molar-refractivity contribution in [2.45, 2.75) is 9.79 Å². The van der Waals surface area contributed by atoms with Crippen LogP contribution in [0.5, 0.6) is 0 Å². The lowest BCUT2D eigenvalue weighted by atomic mass is 9.87. The molecule has 0 unspecified atom stereocenters. The molecule has 1 heterocycles. The van der Waals surface area contributed by atoms with E-state index in [1.807, 2.05) is 0 Å². The van der Waals surface area contributed by atoms with E-state index in [0.29, 0.717) is 0 Å². The summed E-state index contributed by atoms with van der Waals surface area (Å²) in [6, 6.07) is -11.5. The summed E-state index contributed by atoms with van der Waals surface area (Å²) in [7, 11) is 0. The number of hydrogen-bond acceptors (Lipinski definition) is 1. The molecule has 10 rings (SSSR count). The fourth-order valence-electron chi connectivity index (χ4n) is 5.79. The minimum atomic E-state index is -0.763. The first-order valence-electron chi connectivity index (χ1n) is 24.1. The summed E-state index contributed by atoms with van der Waals surface area (Å²) >= 11 is 0.756. The van der Waals surface area contributed by atoms with E-state index >= 15 is 0 Å². The number of hydrogen-bond donors (Lipinski definition) is 0. The summed E-state index contributed by atoms with van der Waals surface area (Å²) in [6.07, 6.45) is 0. The highest BCUT2D eigenvalue weighted by molar-refractivity contribution is 7.99. The molecule has 0 aliphatic carbocycles. The van der Waals surface area contributed by atoms with Crippen molar-refractivity contribution in [2.75, 3.05) is 0 Å². The Balaban J connectivity index is 1.42. The molecule has 9 aromatic carbocycles. The highest BCUT2D eigenvalue weighted by atomic mass is 32.2. The second-order valence-electron chi connectivity index (χ2n) is 9.92. The van der Waals surface area contributed by atoms with E-state index in [0.717, 1.165) is 23.9 Å². The standard InChI is InChI=1S/C42H24S/c1-2-13-38-33(9-1)35-12-5-11-34-32(22-23-39(43-38)42(34)35)31-10-4-6-25-14-17-29(24-37(25)31)30-20-18-28-16-15-26-7-3-8-27-19-21-36(30)41(28)40(26)27/h1-24H/i1D,2D,3D,4D,5D,6D,7D,8D,9D,10D,12D,13D,14D,15D,16D,18D,19D,20D,21D,22D,23D,24D. The Labute approximate surface area is 284 Å². The van der Waals surface area contributed by atoms with Gasteiger partial charge in [0, 0.05) is 15.2 Å². The largest absolute Gasteiger partial charge is 0.0888 e. The Bertz CT molecular complexity index is 3800. The number of fused-ring (bicyclic) bond motifs is 3.